The van der Waals surface area contributed by atoms with Gasteiger partial charge in [-0.1, -0.05) is 198 Å². The standard InChI is InChI=1S/C49H86O6/c1-4-7-10-13-16-18-20-22-24-26-27-29-31-33-36-39-42-48(51)54-45-46(44-53-47(50)41-38-35-15-12-9-6-3)55-49(52)43-40-37-34-32-30-28-25-23-21-19-17-14-11-8-5-2/h8,11,17,19,23,25,30,32,46H,4-7,9-10,12-16,18,20-22,24,26-29,31,33-45H2,1-3H3/b11-8-,19-17-,25-23-,32-30-. The second-order valence-electron chi connectivity index (χ2n) is 15.3. The average Bonchev–Trinajstić information content (AvgIpc) is 3.18. The highest BCUT2D eigenvalue weighted by Crippen LogP contribution is 2.15. The predicted molar refractivity (Wildman–Crippen MR) is 233 cm³/mol. The van der Waals surface area contributed by atoms with Gasteiger partial charge in [0.2, 0.25) is 0 Å². The number of hydrogen-bond acceptors (Lipinski definition) is 6. The van der Waals surface area contributed by atoms with Crippen LogP contribution in [0.4, 0.5) is 0 Å². The van der Waals surface area contributed by atoms with Crippen LogP contribution in [0.15, 0.2) is 48.6 Å². The van der Waals surface area contributed by atoms with Gasteiger partial charge in [-0.2, -0.15) is 0 Å². The third kappa shape index (κ3) is 42.4. The van der Waals surface area contributed by atoms with E-state index in [1.165, 1.54) is 103 Å². The lowest BCUT2D eigenvalue weighted by Crippen LogP contribution is -2.30. The summed E-state index contributed by atoms with van der Waals surface area (Å²) in [5.41, 5.74) is 0. The zero-order valence-corrected chi connectivity index (χ0v) is 36.2. The smallest absolute Gasteiger partial charge is 0.306 e. The molecule has 0 fully saturated rings. The van der Waals surface area contributed by atoms with E-state index in [1.807, 2.05) is 0 Å². The van der Waals surface area contributed by atoms with Gasteiger partial charge in [0.05, 0.1) is 0 Å². The highest BCUT2D eigenvalue weighted by atomic mass is 16.6. The number of hydrogen-bond donors (Lipinski definition) is 0. The lowest BCUT2D eigenvalue weighted by atomic mass is 10.0. The van der Waals surface area contributed by atoms with Crippen molar-refractivity contribution in [2.75, 3.05) is 13.2 Å². The van der Waals surface area contributed by atoms with E-state index >= 15 is 0 Å². The van der Waals surface area contributed by atoms with Crippen molar-refractivity contribution >= 4 is 17.9 Å². The van der Waals surface area contributed by atoms with Crippen LogP contribution in [-0.4, -0.2) is 37.2 Å². The molecule has 1 atom stereocenters. The molecule has 1 unspecified atom stereocenters. The van der Waals surface area contributed by atoms with Gasteiger partial charge in [-0.05, 0) is 57.8 Å². The summed E-state index contributed by atoms with van der Waals surface area (Å²) in [5, 5.41) is 0. The summed E-state index contributed by atoms with van der Waals surface area (Å²) < 4.78 is 16.6. The number of esters is 3. The van der Waals surface area contributed by atoms with Gasteiger partial charge in [0.1, 0.15) is 13.2 Å². The lowest BCUT2D eigenvalue weighted by molar-refractivity contribution is -0.167. The van der Waals surface area contributed by atoms with Crippen molar-refractivity contribution in [3.05, 3.63) is 48.6 Å². The molecule has 6 heteroatoms. The van der Waals surface area contributed by atoms with Gasteiger partial charge in [-0.25, -0.2) is 0 Å². The third-order valence-corrected chi connectivity index (χ3v) is 9.85. The van der Waals surface area contributed by atoms with Gasteiger partial charge in [-0.15, -0.1) is 0 Å². The molecule has 0 spiro atoms. The van der Waals surface area contributed by atoms with Crippen LogP contribution in [0.5, 0.6) is 0 Å². The van der Waals surface area contributed by atoms with E-state index in [0.29, 0.717) is 19.3 Å². The molecule has 0 aliphatic carbocycles. The molecule has 0 saturated heterocycles. The monoisotopic (exact) mass is 771 g/mol. The number of rotatable bonds is 41. The summed E-state index contributed by atoms with van der Waals surface area (Å²) in [6.45, 7) is 6.43. The Morgan fingerprint density at radius 2 is 0.709 bits per heavy atom. The van der Waals surface area contributed by atoms with Gasteiger partial charge in [-0.3, -0.25) is 14.4 Å². The number of allylic oxidation sites excluding steroid dienone is 8. The molecule has 0 aliphatic rings. The first-order valence-corrected chi connectivity index (χ1v) is 23.1. The molecule has 0 aromatic heterocycles. The van der Waals surface area contributed by atoms with Crippen LogP contribution in [0, 0.1) is 0 Å². The minimum Gasteiger partial charge on any atom is -0.462 e. The number of carbonyl (C=O) groups excluding carboxylic acids is 3. The fourth-order valence-electron chi connectivity index (χ4n) is 6.37. The molecule has 55 heavy (non-hydrogen) atoms. The summed E-state index contributed by atoms with van der Waals surface area (Å²) in [5.74, 6) is -0.937. The van der Waals surface area contributed by atoms with Gasteiger partial charge >= 0.3 is 17.9 Å². The van der Waals surface area contributed by atoms with Crippen LogP contribution in [-0.2, 0) is 28.6 Å². The van der Waals surface area contributed by atoms with E-state index in [0.717, 1.165) is 77.0 Å². The molecule has 0 heterocycles. The van der Waals surface area contributed by atoms with Crippen LogP contribution in [0.25, 0.3) is 0 Å². The molecule has 0 bridgehead atoms. The first-order valence-electron chi connectivity index (χ1n) is 23.1. The van der Waals surface area contributed by atoms with E-state index in [4.69, 9.17) is 14.2 Å². The normalized spacial score (nSPS) is 12.4. The van der Waals surface area contributed by atoms with Crippen LogP contribution in [0.3, 0.4) is 0 Å². The van der Waals surface area contributed by atoms with Crippen molar-refractivity contribution < 1.29 is 28.6 Å². The Morgan fingerprint density at radius 3 is 1.11 bits per heavy atom. The molecule has 0 radical (unpaired) electrons. The molecular weight excluding hydrogens is 685 g/mol. The van der Waals surface area contributed by atoms with Crippen molar-refractivity contribution in [1.82, 2.24) is 0 Å². The Morgan fingerprint density at radius 1 is 0.382 bits per heavy atom. The SMILES string of the molecule is CC/C=C\C/C=C\C/C=C\C/C=C\CCCCC(=O)OC(COC(=O)CCCCCCCC)COC(=O)CCCCCCCCCCCCCCCCCC. The number of carbonyl (C=O) groups is 3. The Hall–Kier alpha value is -2.63. The fourth-order valence-corrected chi connectivity index (χ4v) is 6.37. The van der Waals surface area contributed by atoms with Gasteiger partial charge in [0.25, 0.3) is 0 Å². The maximum Gasteiger partial charge on any atom is 0.306 e. The van der Waals surface area contributed by atoms with Crippen molar-refractivity contribution in [3.8, 4) is 0 Å². The summed E-state index contributed by atoms with van der Waals surface area (Å²) in [6.07, 6.45) is 51.2. The molecule has 0 aromatic carbocycles. The largest absolute Gasteiger partial charge is 0.462 e. The van der Waals surface area contributed by atoms with Crippen molar-refractivity contribution in [1.29, 1.82) is 0 Å². The predicted octanol–water partition coefficient (Wildman–Crippen LogP) is 14.8. The van der Waals surface area contributed by atoms with Crippen LogP contribution >= 0.6 is 0 Å². The highest BCUT2D eigenvalue weighted by molar-refractivity contribution is 5.71. The molecule has 0 aromatic rings. The zero-order chi connectivity index (χ0) is 40.1. The maximum absolute atomic E-state index is 12.7. The summed E-state index contributed by atoms with van der Waals surface area (Å²) in [4.78, 5) is 37.6. The Kier molecular flexibility index (Phi) is 42.0. The first-order chi connectivity index (χ1) is 27.0. The number of unbranched alkanes of at least 4 members (excludes halogenated alkanes) is 22. The Labute approximate surface area is 339 Å². The Bertz CT molecular complexity index is 980. The fraction of sp³-hybridized carbons (Fsp3) is 0.776. The van der Waals surface area contributed by atoms with Gasteiger partial charge in [0, 0.05) is 19.3 Å². The van der Waals surface area contributed by atoms with Gasteiger partial charge in [0.15, 0.2) is 6.10 Å². The van der Waals surface area contributed by atoms with Crippen LogP contribution < -0.4 is 0 Å². The average molecular weight is 771 g/mol. The Balaban J connectivity index is 4.31. The van der Waals surface area contributed by atoms with Crippen molar-refractivity contribution in [2.45, 2.75) is 232 Å². The molecule has 318 valence electrons. The minimum atomic E-state index is -0.787. The van der Waals surface area contributed by atoms with E-state index in [9.17, 15) is 14.4 Å². The van der Waals surface area contributed by atoms with Crippen molar-refractivity contribution in [3.63, 3.8) is 0 Å². The van der Waals surface area contributed by atoms with Crippen molar-refractivity contribution in [2.24, 2.45) is 0 Å². The first kappa shape index (κ1) is 52.4. The summed E-state index contributed by atoms with van der Waals surface area (Å²) in [7, 11) is 0. The molecular formula is C49H86O6. The molecule has 0 saturated carbocycles. The van der Waals surface area contributed by atoms with E-state index < -0.39 is 6.10 Å². The van der Waals surface area contributed by atoms with E-state index in [1.54, 1.807) is 0 Å². The molecule has 0 aliphatic heterocycles. The molecule has 0 N–H and O–H groups in total. The quantitative estimate of drug-likeness (QED) is 0.0267. The molecule has 0 rings (SSSR count). The van der Waals surface area contributed by atoms with Gasteiger partial charge < -0.3 is 14.2 Å². The summed E-state index contributed by atoms with van der Waals surface area (Å²) >= 11 is 0. The second kappa shape index (κ2) is 44.1. The third-order valence-electron chi connectivity index (χ3n) is 9.85. The van der Waals surface area contributed by atoms with Crippen LogP contribution in [0.2, 0.25) is 0 Å². The second-order valence-corrected chi connectivity index (χ2v) is 15.3. The summed E-state index contributed by atoms with van der Waals surface area (Å²) in [6, 6.07) is 0. The lowest BCUT2D eigenvalue weighted by Gasteiger charge is -2.18. The minimum absolute atomic E-state index is 0.0876. The zero-order valence-electron chi connectivity index (χ0n) is 36.2. The topological polar surface area (TPSA) is 78.9 Å². The van der Waals surface area contributed by atoms with E-state index in [2.05, 4.69) is 69.4 Å². The molecule has 0 amide bonds. The maximum atomic E-state index is 12.7. The highest BCUT2D eigenvalue weighted by Gasteiger charge is 2.19. The van der Waals surface area contributed by atoms with E-state index in [-0.39, 0.29) is 37.5 Å². The molecule has 6 nitrogen and oxygen atoms in total. The van der Waals surface area contributed by atoms with Crippen LogP contribution in [0.1, 0.15) is 226 Å². The number of ether oxygens (including phenoxy) is 3.